The molecule has 0 aliphatic carbocycles. The average Bonchev–Trinajstić information content (AvgIpc) is 2.34. The van der Waals surface area contributed by atoms with Crippen molar-refractivity contribution in [3.8, 4) is 0 Å². The first-order valence-electron chi connectivity index (χ1n) is 5.91. The maximum absolute atomic E-state index is 11.3. The van der Waals surface area contributed by atoms with E-state index in [9.17, 15) is 4.79 Å². The maximum atomic E-state index is 11.3. The minimum atomic E-state index is -0.0389. The zero-order valence-corrected chi connectivity index (χ0v) is 11.6. The number of nitrogens with one attached hydrogen (secondary N) is 1. The molecule has 0 aromatic heterocycles. The molecule has 2 aromatic rings. The number of carbonyl (C=O) groups is 1. The summed E-state index contributed by atoms with van der Waals surface area (Å²) < 4.78 is 0. The van der Waals surface area contributed by atoms with Gasteiger partial charge in [-0.2, -0.15) is 0 Å². The van der Waals surface area contributed by atoms with Crippen LogP contribution in [0.2, 0.25) is 5.02 Å². The van der Waals surface area contributed by atoms with Gasteiger partial charge in [-0.1, -0.05) is 17.7 Å². The Balaban J connectivity index is 2.32. The molecule has 0 radical (unpaired) electrons. The van der Waals surface area contributed by atoms with Crippen LogP contribution in [0.3, 0.4) is 0 Å². The quantitative estimate of drug-likeness (QED) is 0.652. The zero-order valence-electron chi connectivity index (χ0n) is 10.8. The lowest BCUT2D eigenvalue weighted by atomic mass is 10.1. The molecule has 0 bridgehead atoms. The van der Waals surface area contributed by atoms with Crippen molar-refractivity contribution in [1.82, 2.24) is 0 Å². The summed E-state index contributed by atoms with van der Waals surface area (Å²) in [4.78, 5) is 11.3. The number of rotatable bonds is 3. The summed E-state index contributed by atoms with van der Waals surface area (Å²) in [5.41, 5.74) is 9.58. The summed E-state index contributed by atoms with van der Waals surface area (Å²) in [6.45, 7) is 3.44. The fourth-order valence-corrected chi connectivity index (χ4v) is 2.03. The number of nitrogen functional groups attached to an aromatic ring is 1. The van der Waals surface area contributed by atoms with E-state index < -0.39 is 0 Å². The second-order valence-corrected chi connectivity index (χ2v) is 4.80. The molecule has 2 rings (SSSR count). The van der Waals surface area contributed by atoms with Gasteiger partial charge in [0.15, 0.2) is 5.78 Å². The van der Waals surface area contributed by atoms with Crippen LogP contribution in [-0.2, 0) is 0 Å². The third kappa shape index (κ3) is 2.88. The topological polar surface area (TPSA) is 55.1 Å². The summed E-state index contributed by atoms with van der Waals surface area (Å²) in [7, 11) is 0. The SMILES string of the molecule is CC(=O)c1ccc(Nc2cccc(Cl)c2C)cc1N. The standard InChI is InChI=1S/C15H15ClN2O/c1-9-13(16)4-3-5-15(9)18-11-6-7-12(10(2)19)14(17)8-11/h3-8,18H,17H2,1-2H3. The molecule has 2 aromatic carbocycles. The Morgan fingerprint density at radius 2 is 2.00 bits per heavy atom. The second-order valence-electron chi connectivity index (χ2n) is 4.40. The van der Waals surface area contributed by atoms with Crippen LogP contribution < -0.4 is 11.1 Å². The molecule has 0 aliphatic heterocycles. The predicted molar refractivity (Wildman–Crippen MR) is 80.3 cm³/mol. The van der Waals surface area contributed by atoms with E-state index in [1.165, 1.54) is 6.92 Å². The van der Waals surface area contributed by atoms with Crippen molar-refractivity contribution in [3.63, 3.8) is 0 Å². The predicted octanol–water partition coefficient (Wildman–Crippen LogP) is 4.18. The van der Waals surface area contributed by atoms with E-state index in [0.717, 1.165) is 16.9 Å². The van der Waals surface area contributed by atoms with E-state index in [4.69, 9.17) is 17.3 Å². The molecule has 0 saturated heterocycles. The Morgan fingerprint density at radius 3 is 2.63 bits per heavy atom. The van der Waals surface area contributed by atoms with Crippen LogP contribution in [0.25, 0.3) is 0 Å². The molecule has 4 heteroatoms. The lowest BCUT2D eigenvalue weighted by Gasteiger charge is -2.12. The van der Waals surface area contributed by atoms with Crippen LogP contribution in [-0.4, -0.2) is 5.78 Å². The Kier molecular flexibility index (Phi) is 3.76. The number of halogens is 1. The molecule has 0 spiro atoms. The van der Waals surface area contributed by atoms with Crippen LogP contribution >= 0.6 is 11.6 Å². The van der Waals surface area contributed by atoms with Gasteiger partial charge in [-0.25, -0.2) is 0 Å². The number of hydrogen-bond acceptors (Lipinski definition) is 3. The molecule has 0 aliphatic rings. The van der Waals surface area contributed by atoms with Gasteiger partial charge in [0, 0.05) is 27.6 Å². The highest BCUT2D eigenvalue weighted by Crippen LogP contribution is 2.27. The van der Waals surface area contributed by atoms with Crippen LogP contribution in [0.5, 0.6) is 0 Å². The van der Waals surface area contributed by atoms with Crippen LogP contribution in [0.4, 0.5) is 17.1 Å². The smallest absolute Gasteiger partial charge is 0.161 e. The molecule has 0 saturated carbocycles. The second kappa shape index (κ2) is 5.33. The lowest BCUT2D eigenvalue weighted by molar-refractivity contribution is 0.101. The largest absolute Gasteiger partial charge is 0.398 e. The molecule has 3 N–H and O–H groups in total. The number of ketones is 1. The van der Waals surface area contributed by atoms with Gasteiger partial charge in [0.05, 0.1) is 0 Å². The van der Waals surface area contributed by atoms with Gasteiger partial charge in [-0.15, -0.1) is 0 Å². The van der Waals surface area contributed by atoms with Gasteiger partial charge in [0.1, 0.15) is 0 Å². The maximum Gasteiger partial charge on any atom is 0.161 e. The van der Waals surface area contributed by atoms with Crippen molar-refractivity contribution < 1.29 is 4.79 Å². The average molecular weight is 275 g/mol. The Bertz CT molecular complexity index is 638. The van der Waals surface area contributed by atoms with Crippen molar-refractivity contribution in [1.29, 1.82) is 0 Å². The number of hydrogen-bond donors (Lipinski definition) is 2. The molecule has 0 fully saturated rings. The Labute approximate surface area is 117 Å². The fraction of sp³-hybridized carbons (Fsp3) is 0.133. The van der Waals surface area contributed by atoms with Crippen molar-refractivity contribution in [2.24, 2.45) is 0 Å². The molecular weight excluding hydrogens is 260 g/mol. The van der Waals surface area contributed by atoms with Gasteiger partial charge >= 0.3 is 0 Å². The fourth-order valence-electron chi connectivity index (χ4n) is 1.86. The van der Waals surface area contributed by atoms with Crippen molar-refractivity contribution >= 4 is 34.4 Å². The third-order valence-electron chi connectivity index (χ3n) is 2.98. The molecule has 0 unspecified atom stereocenters. The molecule has 98 valence electrons. The first-order chi connectivity index (χ1) is 8.99. The van der Waals surface area contributed by atoms with Gasteiger partial charge in [0.25, 0.3) is 0 Å². The number of carbonyl (C=O) groups excluding carboxylic acids is 1. The summed E-state index contributed by atoms with van der Waals surface area (Å²) in [5, 5.41) is 3.95. The summed E-state index contributed by atoms with van der Waals surface area (Å²) in [5.74, 6) is -0.0389. The van der Waals surface area contributed by atoms with Gasteiger partial charge in [-0.05, 0) is 49.7 Å². The van der Waals surface area contributed by atoms with Crippen molar-refractivity contribution in [3.05, 3.63) is 52.5 Å². The van der Waals surface area contributed by atoms with E-state index in [2.05, 4.69) is 5.32 Å². The summed E-state index contributed by atoms with van der Waals surface area (Å²) >= 11 is 6.07. The van der Waals surface area contributed by atoms with Gasteiger partial charge in [-0.3, -0.25) is 4.79 Å². The van der Waals surface area contributed by atoms with Crippen LogP contribution in [0, 0.1) is 6.92 Å². The van der Waals surface area contributed by atoms with Gasteiger partial charge in [0.2, 0.25) is 0 Å². The Hall–Kier alpha value is -2.00. The number of anilines is 3. The molecule has 0 atom stereocenters. The minimum Gasteiger partial charge on any atom is -0.398 e. The first kappa shape index (κ1) is 13.4. The first-order valence-corrected chi connectivity index (χ1v) is 6.29. The molecule has 0 heterocycles. The lowest BCUT2D eigenvalue weighted by Crippen LogP contribution is -2.01. The normalized spacial score (nSPS) is 10.3. The monoisotopic (exact) mass is 274 g/mol. The molecule has 3 nitrogen and oxygen atoms in total. The number of benzene rings is 2. The summed E-state index contributed by atoms with van der Waals surface area (Å²) in [6, 6.07) is 11.0. The van der Waals surface area contributed by atoms with Crippen molar-refractivity contribution in [2.45, 2.75) is 13.8 Å². The van der Waals surface area contributed by atoms with E-state index in [-0.39, 0.29) is 5.78 Å². The third-order valence-corrected chi connectivity index (χ3v) is 3.39. The van der Waals surface area contributed by atoms with E-state index in [1.807, 2.05) is 31.2 Å². The van der Waals surface area contributed by atoms with Gasteiger partial charge < -0.3 is 11.1 Å². The van der Waals surface area contributed by atoms with Crippen molar-refractivity contribution in [2.75, 3.05) is 11.1 Å². The summed E-state index contributed by atoms with van der Waals surface area (Å²) in [6.07, 6.45) is 0. The highest BCUT2D eigenvalue weighted by molar-refractivity contribution is 6.31. The van der Waals surface area contributed by atoms with Crippen LogP contribution in [0.1, 0.15) is 22.8 Å². The van der Waals surface area contributed by atoms with E-state index in [0.29, 0.717) is 16.3 Å². The zero-order chi connectivity index (χ0) is 14.0. The van der Waals surface area contributed by atoms with E-state index >= 15 is 0 Å². The Morgan fingerprint density at radius 1 is 1.26 bits per heavy atom. The number of Topliss-reactive ketones (excluding diaryl/α,β-unsaturated/α-hetero) is 1. The number of nitrogens with two attached hydrogens (primary N) is 1. The van der Waals surface area contributed by atoms with E-state index in [1.54, 1.807) is 12.1 Å². The molecule has 0 amide bonds. The highest BCUT2D eigenvalue weighted by atomic mass is 35.5. The van der Waals surface area contributed by atoms with Crippen LogP contribution in [0.15, 0.2) is 36.4 Å². The highest BCUT2D eigenvalue weighted by Gasteiger charge is 2.07. The molecular formula is C15H15ClN2O. The molecule has 19 heavy (non-hydrogen) atoms. The minimum absolute atomic E-state index is 0.0389.